The Hall–Kier alpha value is -1.89. The summed E-state index contributed by atoms with van der Waals surface area (Å²) < 4.78 is 19.3. The summed E-state index contributed by atoms with van der Waals surface area (Å²) in [6.45, 7) is 1.93. The molecule has 1 aromatic carbocycles. The molecule has 1 N–H and O–H groups in total. The van der Waals surface area contributed by atoms with E-state index in [1.807, 2.05) is 6.07 Å². The topological polar surface area (TPSA) is 51.0 Å². The van der Waals surface area contributed by atoms with Crippen LogP contribution in [0, 0.1) is 5.82 Å². The van der Waals surface area contributed by atoms with Crippen LogP contribution in [0.2, 0.25) is 5.02 Å². The van der Waals surface area contributed by atoms with Crippen LogP contribution in [0.5, 0.6) is 0 Å². The van der Waals surface area contributed by atoms with Crippen molar-refractivity contribution in [2.75, 3.05) is 13.1 Å². The zero-order valence-electron chi connectivity index (χ0n) is 13.9. The smallest absolute Gasteiger partial charge is 0.227 e. The third-order valence-electron chi connectivity index (χ3n) is 4.34. The average Bonchev–Trinajstić information content (AvgIpc) is 3.09. The first-order chi connectivity index (χ1) is 12.7. The van der Waals surface area contributed by atoms with Crippen molar-refractivity contribution in [2.45, 2.75) is 28.9 Å². The average molecular weight is 390 g/mol. The lowest BCUT2D eigenvalue weighted by Crippen LogP contribution is -2.27. The van der Waals surface area contributed by atoms with E-state index in [9.17, 15) is 4.39 Å². The van der Waals surface area contributed by atoms with Gasteiger partial charge in [0, 0.05) is 17.7 Å². The van der Waals surface area contributed by atoms with E-state index in [1.165, 1.54) is 23.9 Å². The van der Waals surface area contributed by atoms with E-state index in [4.69, 9.17) is 21.0 Å². The Bertz CT molecular complexity index is 877. The number of nitrogens with one attached hydrogen (secondary N) is 1. The highest BCUT2D eigenvalue weighted by molar-refractivity contribution is 7.99. The number of hydrogen-bond donors (Lipinski definition) is 1. The highest BCUT2D eigenvalue weighted by atomic mass is 35.5. The first kappa shape index (κ1) is 17.5. The molecule has 0 amide bonds. The summed E-state index contributed by atoms with van der Waals surface area (Å²) in [6.07, 6.45) is 3.64. The van der Waals surface area contributed by atoms with Gasteiger partial charge in [0.05, 0.1) is 10.7 Å². The molecule has 0 bridgehead atoms. The third kappa shape index (κ3) is 3.92. The van der Waals surface area contributed by atoms with Gasteiger partial charge < -0.3 is 9.73 Å². The Labute approximate surface area is 160 Å². The molecule has 1 saturated heterocycles. The first-order valence-electron chi connectivity index (χ1n) is 8.46. The van der Waals surface area contributed by atoms with Crippen LogP contribution in [0.1, 0.15) is 24.5 Å². The van der Waals surface area contributed by atoms with Crippen LogP contribution in [-0.2, 0) is 0 Å². The van der Waals surface area contributed by atoms with E-state index in [-0.39, 0.29) is 5.82 Å². The largest absolute Gasteiger partial charge is 0.429 e. The van der Waals surface area contributed by atoms with Crippen molar-refractivity contribution in [3.8, 4) is 11.5 Å². The molecule has 0 aliphatic carbocycles. The Morgan fingerprint density at radius 1 is 1.12 bits per heavy atom. The second kappa shape index (κ2) is 7.78. The summed E-state index contributed by atoms with van der Waals surface area (Å²) in [7, 11) is 0. The molecule has 4 nitrogen and oxygen atoms in total. The molecule has 134 valence electrons. The predicted octanol–water partition coefficient (Wildman–Crippen LogP) is 5.15. The molecule has 1 aliphatic heterocycles. The van der Waals surface area contributed by atoms with E-state index in [2.05, 4.69) is 10.3 Å². The number of oxazole rings is 1. The minimum atomic E-state index is -0.279. The Morgan fingerprint density at radius 3 is 2.58 bits per heavy atom. The molecule has 4 rings (SSSR count). The summed E-state index contributed by atoms with van der Waals surface area (Å²) in [6, 6.07) is 9.86. The highest BCUT2D eigenvalue weighted by Crippen LogP contribution is 2.39. The van der Waals surface area contributed by atoms with E-state index in [0.717, 1.165) is 47.3 Å². The Morgan fingerprint density at radius 2 is 1.88 bits per heavy atom. The molecular formula is C19H17ClFN3OS. The monoisotopic (exact) mass is 389 g/mol. The van der Waals surface area contributed by atoms with Gasteiger partial charge in [-0.1, -0.05) is 11.6 Å². The van der Waals surface area contributed by atoms with Gasteiger partial charge in [-0.2, -0.15) is 0 Å². The quantitative estimate of drug-likeness (QED) is 0.668. The maximum absolute atomic E-state index is 13.2. The fourth-order valence-electron chi connectivity index (χ4n) is 2.98. The van der Waals surface area contributed by atoms with Crippen molar-refractivity contribution in [3.63, 3.8) is 0 Å². The molecule has 0 radical (unpaired) electrons. The van der Waals surface area contributed by atoms with Gasteiger partial charge in [0.25, 0.3) is 0 Å². The summed E-state index contributed by atoms with van der Waals surface area (Å²) in [5.74, 6) is 0.567. The predicted molar refractivity (Wildman–Crippen MR) is 100 cm³/mol. The molecule has 0 spiro atoms. The van der Waals surface area contributed by atoms with Gasteiger partial charge >= 0.3 is 0 Å². The van der Waals surface area contributed by atoms with Gasteiger partial charge in [-0.3, -0.25) is 0 Å². The minimum Gasteiger partial charge on any atom is -0.429 e. The van der Waals surface area contributed by atoms with E-state index < -0.39 is 0 Å². The van der Waals surface area contributed by atoms with Gasteiger partial charge in [-0.15, -0.1) is 0 Å². The summed E-state index contributed by atoms with van der Waals surface area (Å²) in [4.78, 5) is 9.09. The van der Waals surface area contributed by atoms with Gasteiger partial charge in [-0.05, 0) is 74.1 Å². The second-order valence-electron chi connectivity index (χ2n) is 6.14. The van der Waals surface area contributed by atoms with Crippen LogP contribution in [0.3, 0.4) is 0 Å². The number of nitrogens with zero attached hydrogens (tertiary/aromatic N) is 2. The standard InChI is InChI=1S/C19H17ClFN3OS/c20-14-3-6-16(23-11-14)26-19-17(12-7-9-22-10-8-12)24-18(25-19)13-1-4-15(21)5-2-13/h1-6,11-12,22H,7-10H2. The molecule has 0 saturated carbocycles. The van der Waals surface area contributed by atoms with Gasteiger partial charge in [0.1, 0.15) is 10.8 Å². The van der Waals surface area contributed by atoms with Crippen LogP contribution in [0.4, 0.5) is 4.39 Å². The normalized spacial score (nSPS) is 15.3. The zero-order chi connectivity index (χ0) is 17.9. The molecule has 7 heteroatoms. The number of hydrogen-bond acceptors (Lipinski definition) is 5. The van der Waals surface area contributed by atoms with Crippen LogP contribution < -0.4 is 5.32 Å². The summed E-state index contributed by atoms with van der Waals surface area (Å²) in [5, 5.41) is 5.50. The van der Waals surface area contributed by atoms with Crippen molar-refractivity contribution in [2.24, 2.45) is 0 Å². The van der Waals surface area contributed by atoms with Crippen LogP contribution in [-0.4, -0.2) is 23.1 Å². The summed E-state index contributed by atoms with van der Waals surface area (Å²) in [5.41, 5.74) is 1.71. The van der Waals surface area contributed by atoms with Crippen molar-refractivity contribution in [1.82, 2.24) is 15.3 Å². The van der Waals surface area contributed by atoms with E-state index in [1.54, 1.807) is 24.4 Å². The Balaban J connectivity index is 1.69. The molecule has 3 aromatic rings. The van der Waals surface area contributed by atoms with Crippen LogP contribution in [0.15, 0.2) is 57.1 Å². The highest BCUT2D eigenvalue weighted by Gasteiger charge is 2.25. The SMILES string of the molecule is Fc1ccc(-c2nc(C3CCNCC3)c(Sc3ccc(Cl)cn3)o2)cc1. The number of rotatable bonds is 4. The maximum Gasteiger partial charge on any atom is 0.227 e. The number of pyridine rings is 1. The minimum absolute atomic E-state index is 0.279. The number of benzene rings is 1. The fraction of sp³-hybridized carbons (Fsp3) is 0.263. The molecule has 3 heterocycles. The fourth-order valence-corrected chi connectivity index (χ4v) is 3.96. The van der Waals surface area contributed by atoms with Crippen molar-refractivity contribution >= 4 is 23.4 Å². The number of aromatic nitrogens is 2. The van der Waals surface area contributed by atoms with Crippen molar-refractivity contribution in [1.29, 1.82) is 0 Å². The molecule has 0 atom stereocenters. The number of piperidine rings is 1. The second-order valence-corrected chi connectivity index (χ2v) is 7.57. The Kier molecular flexibility index (Phi) is 5.24. The van der Waals surface area contributed by atoms with E-state index >= 15 is 0 Å². The van der Waals surface area contributed by atoms with Crippen molar-refractivity contribution < 1.29 is 8.81 Å². The molecule has 26 heavy (non-hydrogen) atoms. The molecule has 2 aromatic heterocycles. The van der Waals surface area contributed by atoms with Gasteiger partial charge in [-0.25, -0.2) is 14.4 Å². The lowest BCUT2D eigenvalue weighted by atomic mass is 9.95. The molecular weight excluding hydrogens is 373 g/mol. The molecule has 1 fully saturated rings. The number of halogens is 2. The first-order valence-corrected chi connectivity index (χ1v) is 9.65. The van der Waals surface area contributed by atoms with Crippen molar-refractivity contribution in [3.05, 3.63) is 59.1 Å². The molecule has 0 unspecified atom stereocenters. The van der Waals surface area contributed by atoms with Crippen LogP contribution >= 0.6 is 23.4 Å². The summed E-state index contributed by atoms with van der Waals surface area (Å²) >= 11 is 7.36. The maximum atomic E-state index is 13.2. The lowest BCUT2D eigenvalue weighted by molar-refractivity contribution is 0.427. The third-order valence-corrected chi connectivity index (χ3v) is 5.49. The zero-order valence-corrected chi connectivity index (χ0v) is 15.5. The van der Waals surface area contributed by atoms with Crippen LogP contribution in [0.25, 0.3) is 11.5 Å². The van der Waals surface area contributed by atoms with Gasteiger partial charge in [0.2, 0.25) is 5.89 Å². The molecule has 1 aliphatic rings. The van der Waals surface area contributed by atoms with Gasteiger partial charge in [0.15, 0.2) is 5.09 Å². The van der Waals surface area contributed by atoms with E-state index in [0.29, 0.717) is 16.8 Å². The lowest BCUT2D eigenvalue weighted by Gasteiger charge is -2.21.